The summed E-state index contributed by atoms with van der Waals surface area (Å²) < 4.78 is 81.0. The van der Waals surface area contributed by atoms with E-state index in [0.717, 1.165) is 13.5 Å². The van der Waals surface area contributed by atoms with Crippen molar-refractivity contribution in [2.24, 2.45) is 24.8 Å². The highest BCUT2D eigenvalue weighted by Gasteiger charge is 2.48. The third kappa shape index (κ3) is 4.23. The Morgan fingerprint density at radius 3 is 2.30 bits per heavy atom. The van der Waals surface area contributed by atoms with Gasteiger partial charge >= 0.3 is 18.3 Å². The van der Waals surface area contributed by atoms with E-state index in [1.165, 1.54) is 0 Å². The molecule has 0 bridgehead atoms. The molecule has 168 valence electrons. The van der Waals surface area contributed by atoms with Gasteiger partial charge in [-0.05, 0) is 55.4 Å². The van der Waals surface area contributed by atoms with Gasteiger partial charge < -0.3 is 9.67 Å². The van der Waals surface area contributed by atoms with Crippen molar-refractivity contribution in [2.75, 3.05) is 0 Å². The Hall–Kier alpha value is -2.00. The van der Waals surface area contributed by atoms with Gasteiger partial charge in [0.1, 0.15) is 5.69 Å². The van der Waals surface area contributed by atoms with Crippen LogP contribution < -0.4 is 5.56 Å². The molecule has 10 heteroatoms. The van der Waals surface area contributed by atoms with Crippen LogP contribution in [0.2, 0.25) is 0 Å². The number of pyridine rings is 1. The smallest absolute Gasteiger partial charge is 0.431 e. The van der Waals surface area contributed by atoms with Crippen LogP contribution in [-0.2, 0) is 24.2 Å². The molecular formula is C20H23F6NO3. The van der Waals surface area contributed by atoms with Gasteiger partial charge in [-0.3, -0.25) is 9.59 Å². The van der Waals surface area contributed by atoms with Gasteiger partial charge in [0.05, 0.1) is 5.56 Å². The highest BCUT2D eigenvalue weighted by Crippen LogP contribution is 2.54. The Morgan fingerprint density at radius 1 is 1.07 bits per heavy atom. The number of hydrogen-bond donors (Lipinski definition) is 1. The summed E-state index contributed by atoms with van der Waals surface area (Å²) in [6.45, 7) is 0. The van der Waals surface area contributed by atoms with Crippen LogP contribution in [0.5, 0.6) is 0 Å². The number of carbonyl (C=O) groups is 1. The lowest BCUT2D eigenvalue weighted by molar-refractivity contribution is -0.148. The fourth-order valence-corrected chi connectivity index (χ4v) is 5.54. The summed E-state index contributed by atoms with van der Waals surface area (Å²) >= 11 is 0. The van der Waals surface area contributed by atoms with E-state index in [0.29, 0.717) is 25.7 Å². The zero-order chi connectivity index (χ0) is 22.4. The topological polar surface area (TPSA) is 59.3 Å². The number of hydrogen-bond acceptors (Lipinski definition) is 2. The lowest BCUT2D eigenvalue weighted by atomic mass is 9.69. The second kappa shape index (κ2) is 7.92. The summed E-state index contributed by atoms with van der Waals surface area (Å²) in [4.78, 5) is 23.7. The standard InChI is InChI=1S/C20H23F6NO3/c1-27-15(20(24,25)26)9-14(19(21,22)23)17(18(27)30)13-7-6-11-10(5-8-16(28)29)3-2-4-12(11)13/h9-13H,2-8H2,1H3,(H,28,29). The zero-order valence-electron chi connectivity index (χ0n) is 16.3. The fourth-order valence-electron chi connectivity index (χ4n) is 5.54. The molecule has 4 atom stereocenters. The van der Waals surface area contributed by atoms with Crippen LogP contribution in [0.1, 0.15) is 67.7 Å². The minimum Gasteiger partial charge on any atom is -0.481 e. The number of rotatable bonds is 4. The molecule has 2 aliphatic carbocycles. The average Bonchev–Trinajstić information content (AvgIpc) is 3.04. The molecule has 0 aromatic carbocycles. The summed E-state index contributed by atoms with van der Waals surface area (Å²) in [6.07, 6.45) is -6.91. The Labute approximate surface area is 168 Å². The van der Waals surface area contributed by atoms with Crippen LogP contribution in [0, 0.1) is 17.8 Å². The summed E-state index contributed by atoms with van der Waals surface area (Å²) in [6, 6.07) is 0.0504. The lowest BCUT2D eigenvalue weighted by Crippen LogP contribution is -2.35. The molecule has 30 heavy (non-hydrogen) atoms. The summed E-state index contributed by atoms with van der Waals surface area (Å²) in [5, 5.41) is 8.94. The molecule has 2 fully saturated rings. The van der Waals surface area contributed by atoms with Gasteiger partial charge in [-0.15, -0.1) is 0 Å². The summed E-state index contributed by atoms with van der Waals surface area (Å²) in [7, 11) is 0.845. The Bertz CT molecular complexity index is 873. The normalized spacial score (nSPS) is 27.2. The van der Waals surface area contributed by atoms with Crippen molar-refractivity contribution >= 4 is 5.97 Å². The maximum atomic E-state index is 13.7. The first-order valence-electron chi connectivity index (χ1n) is 9.92. The number of aliphatic carboxylic acids is 1. The molecule has 3 rings (SSSR count). The van der Waals surface area contributed by atoms with Gasteiger partial charge in [-0.1, -0.05) is 12.8 Å². The number of fused-ring (bicyclic) bond motifs is 1. The van der Waals surface area contributed by atoms with Crippen molar-refractivity contribution < 1.29 is 36.2 Å². The SMILES string of the molecule is Cn1c(C(F)(F)F)cc(C(F)(F)F)c(C2CCC3C(CCC(=O)O)CCCC23)c1=O. The lowest BCUT2D eigenvalue weighted by Gasteiger charge is -2.36. The van der Waals surface area contributed by atoms with Crippen molar-refractivity contribution in [1.29, 1.82) is 0 Å². The Kier molecular flexibility index (Phi) is 5.99. The molecule has 1 heterocycles. The number of aromatic nitrogens is 1. The van der Waals surface area contributed by atoms with E-state index < -0.39 is 46.6 Å². The predicted octanol–water partition coefficient (Wildman–Crippen LogP) is 5.20. The van der Waals surface area contributed by atoms with Gasteiger partial charge in [0, 0.05) is 19.0 Å². The second-order valence-corrected chi connectivity index (χ2v) is 8.35. The van der Waals surface area contributed by atoms with E-state index in [9.17, 15) is 35.9 Å². The van der Waals surface area contributed by atoms with E-state index in [-0.39, 0.29) is 41.2 Å². The minimum absolute atomic E-state index is 0.0174. The van der Waals surface area contributed by atoms with Gasteiger partial charge in [-0.25, -0.2) is 0 Å². The van der Waals surface area contributed by atoms with E-state index in [1.807, 2.05) is 0 Å². The minimum atomic E-state index is -5.09. The van der Waals surface area contributed by atoms with Crippen LogP contribution in [0.4, 0.5) is 26.3 Å². The van der Waals surface area contributed by atoms with E-state index in [1.54, 1.807) is 0 Å². The van der Waals surface area contributed by atoms with Crippen molar-refractivity contribution in [3.63, 3.8) is 0 Å². The van der Waals surface area contributed by atoms with Gasteiger partial charge in [0.15, 0.2) is 0 Å². The largest absolute Gasteiger partial charge is 0.481 e. The maximum Gasteiger partial charge on any atom is 0.431 e. The number of carboxylic acid groups (broad SMARTS) is 1. The molecular weight excluding hydrogens is 416 g/mol. The first-order valence-corrected chi connectivity index (χ1v) is 9.92. The molecule has 1 aromatic rings. The Morgan fingerprint density at radius 2 is 1.73 bits per heavy atom. The molecule has 1 N–H and O–H groups in total. The molecule has 2 aliphatic rings. The highest BCUT2D eigenvalue weighted by molar-refractivity contribution is 5.66. The quantitative estimate of drug-likeness (QED) is 0.657. The molecule has 0 amide bonds. The number of alkyl halides is 6. The van der Waals surface area contributed by atoms with Crippen LogP contribution in [0.15, 0.2) is 10.9 Å². The van der Waals surface area contributed by atoms with E-state index in [4.69, 9.17) is 5.11 Å². The molecule has 4 nitrogen and oxygen atoms in total. The average molecular weight is 439 g/mol. The third-order valence-electron chi connectivity index (χ3n) is 6.76. The van der Waals surface area contributed by atoms with Crippen molar-refractivity contribution in [3.8, 4) is 0 Å². The molecule has 0 aliphatic heterocycles. The van der Waals surface area contributed by atoms with Crippen LogP contribution >= 0.6 is 0 Å². The second-order valence-electron chi connectivity index (χ2n) is 8.35. The van der Waals surface area contributed by atoms with E-state index in [2.05, 4.69) is 0 Å². The van der Waals surface area contributed by atoms with Gasteiger partial charge in [-0.2, -0.15) is 26.3 Å². The van der Waals surface area contributed by atoms with Crippen molar-refractivity contribution in [2.45, 2.75) is 63.2 Å². The van der Waals surface area contributed by atoms with E-state index >= 15 is 0 Å². The number of nitrogens with zero attached hydrogens (tertiary/aromatic N) is 1. The number of carboxylic acids is 1. The Balaban J connectivity index is 2.05. The first kappa shape index (κ1) is 22.7. The third-order valence-corrected chi connectivity index (χ3v) is 6.76. The molecule has 1 aromatic heterocycles. The zero-order valence-corrected chi connectivity index (χ0v) is 16.3. The molecule has 2 saturated carbocycles. The fraction of sp³-hybridized carbons (Fsp3) is 0.700. The molecule has 0 spiro atoms. The molecule has 4 unspecified atom stereocenters. The monoisotopic (exact) mass is 439 g/mol. The summed E-state index contributed by atoms with van der Waals surface area (Å²) in [5.41, 5.74) is -4.96. The molecule has 0 radical (unpaired) electrons. The number of halogens is 6. The first-order chi connectivity index (χ1) is 13.8. The maximum absolute atomic E-state index is 13.7. The van der Waals surface area contributed by atoms with Gasteiger partial charge in [0.25, 0.3) is 5.56 Å². The van der Waals surface area contributed by atoms with Crippen molar-refractivity contribution in [3.05, 3.63) is 33.2 Å². The molecule has 0 saturated heterocycles. The van der Waals surface area contributed by atoms with Crippen LogP contribution in [0.25, 0.3) is 0 Å². The van der Waals surface area contributed by atoms with Gasteiger partial charge in [0.2, 0.25) is 0 Å². The predicted molar refractivity (Wildman–Crippen MR) is 94.9 cm³/mol. The van der Waals surface area contributed by atoms with Crippen LogP contribution in [-0.4, -0.2) is 15.6 Å². The highest BCUT2D eigenvalue weighted by atomic mass is 19.4. The summed E-state index contributed by atoms with van der Waals surface area (Å²) in [5.74, 6) is -1.96. The van der Waals surface area contributed by atoms with Crippen molar-refractivity contribution in [1.82, 2.24) is 4.57 Å². The van der Waals surface area contributed by atoms with Crippen LogP contribution in [0.3, 0.4) is 0 Å².